The molecule has 0 atom stereocenters. The molecular weight excluding hydrogens is 358 g/mol. The van der Waals surface area contributed by atoms with Gasteiger partial charge in [-0.2, -0.15) is 0 Å². The molecule has 0 fully saturated rings. The molecule has 3 aromatic rings. The SMILES string of the molecule is CCCCNC(=O)c1nnc2c(-c3cnc(OC)cc3OC)cccc2c1N. The predicted molar refractivity (Wildman–Crippen MR) is 108 cm³/mol. The van der Waals surface area contributed by atoms with Crippen LogP contribution in [0.3, 0.4) is 0 Å². The molecule has 0 unspecified atom stereocenters. The van der Waals surface area contributed by atoms with Gasteiger partial charge in [-0.25, -0.2) is 4.98 Å². The van der Waals surface area contributed by atoms with Crippen LogP contribution in [-0.2, 0) is 0 Å². The van der Waals surface area contributed by atoms with E-state index < -0.39 is 0 Å². The number of fused-ring (bicyclic) bond motifs is 1. The topological polar surface area (TPSA) is 112 Å². The van der Waals surface area contributed by atoms with Gasteiger partial charge in [-0.15, -0.1) is 10.2 Å². The van der Waals surface area contributed by atoms with Gasteiger partial charge in [0.25, 0.3) is 5.91 Å². The molecule has 0 radical (unpaired) electrons. The molecule has 3 N–H and O–H groups in total. The third-order valence-electron chi connectivity index (χ3n) is 4.42. The van der Waals surface area contributed by atoms with Crippen LogP contribution < -0.4 is 20.5 Å². The van der Waals surface area contributed by atoms with Gasteiger partial charge in [-0.1, -0.05) is 31.5 Å². The molecule has 2 aromatic heterocycles. The molecule has 1 aromatic carbocycles. The lowest BCUT2D eigenvalue weighted by Gasteiger charge is -2.13. The van der Waals surface area contributed by atoms with Crippen LogP contribution in [0, 0.1) is 0 Å². The number of nitrogens with two attached hydrogens (primary N) is 1. The second-order valence-corrected chi connectivity index (χ2v) is 6.20. The van der Waals surface area contributed by atoms with E-state index >= 15 is 0 Å². The molecule has 0 aliphatic carbocycles. The molecule has 0 aliphatic heterocycles. The van der Waals surface area contributed by atoms with E-state index in [1.54, 1.807) is 26.5 Å². The monoisotopic (exact) mass is 381 g/mol. The third kappa shape index (κ3) is 3.66. The summed E-state index contributed by atoms with van der Waals surface area (Å²) in [5.74, 6) is 0.702. The number of ether oxygens (including phenoxy) is 2. The Morgan fingerprint density at radius 3 is 2.71 bits per heavy atom. The third-order valence-corrected chi connectivity index (χ3v) is 4.42. The summed E-state index contributed by atoms with van der Waals surface area (Å²) >= 11 is 0. The average Bonchev–Trinajstić information content (AvgIpc) is 2.73. The number of anilines is 1. The first kappa shape index (κ1) is 19.3. The summed E-state index contributed by atoms with van der Waals surface area (Å²) in [7, 11) is 3.11. The van der Waals surface area contributed by atoms with Crippen molar-refractivity contribution in [1.82, 2.24) is 20.5 Å². The van der Waals surface area contributed by atoms with Crippen molar-refractivity contribution in [3.8, 4) is 22.8 Å². The molecule has 0 saturated heterocycles. The second-order valence-electron chi connectivity index (χ2n) is 6.20. The number of amides is 1. The fourth-order valence-corrected chi connectivity index (χ4v) is 2.90. The van der Waals surface area contributed by atoms with Crippen molar-refractivity contribution < 1.29 is 14.3 Å². The zero-order valence-corrected chi connectivity index (χ0v) is 16.2. The van der Waals surface area contributed by atoms with Crippen molar-refractivity contribution in [3.05, 3.63) is 36.2 Å². The molecule has 3 rings (SSSR count). The van der Waals surface area contributed by atoms with Gasteiger partial charge in [0.1, 0.15) is 11.3 Å². The summed E-state index contributed by atoms with van der Waals surface area (Å²) in [6.07, 6.45) is 3.52. The molecule has 8 heteroatoms. The predicted octanol–water partition coefficient (Wildman–Crippen LogP) is 2.82. The van der Waals surface area contributed by atoms with E-state index in [1.165, 1.54) is 0 Å². The summed E-state index contributed by atoms with van der Waals surface area (Å²) in [6, 6.07) is 7.23. The van der Waals surface area contributed by atoms with Crippen LogP contribution >= 0.6 is 0 Å². The second kappa shape index (κ2) is 8.51. The zero-order valence-electron chi connectivity index (χ0n) is 16.2. The van der Waals surface area contributed by atoms with Gasteiger partial charge in [-0.05, 0) is 6.42 Å². The number of rotatable bonds is 7. The molecule has 146 valence electrons. The molecule has 1 amide bonds. The van der Waals surface area contributed by atoms with Crippen LogP contribution in [-0.4, -0.2) is 41.9 Å². The van der Waals surface area contributed by atoms with Crippen LogP contribution in [0.1, 0.15) is 30.3 Å². The maximum absolute atomic E-state index is 12.4. The highest BCUT2D eigenvalue weighted by Gasteiger charge is 2.18. The van der Waals surface area contributed by atoms with Gasteiger partial charge < -0.3 is 20.5 Å². The first-order valence-electron chi connectivity index (χ1n) is 9.02. The molecule has 8 nitrogen and oxygen atoms in total. The number of unbranched alkanes of at least 4 members (excludes halogenated alkanes) is 1. The standard InChI is InChI=1S/C20H23N5O3/c1-4-5-9-22-20(26)19-17(21)13-8-6-7-12(18(13)24-25-19)14-11-23-16(28-3)10-15(14)27-2/h6-8,10-11H,4-5,9H2,1-3H3,(H2,21,24)(H,22,26). The van der Waals surface area contributed by atoms with Gasteiger partial charge >= 0.3 is 0 Å². The number of hydrogen-bond donors (Lipinski definition) is 2. The molecule has 0 bridgehead atoms. The Balaban J connectivity index is 2.08. The Bertz CT molecular complexity index is 1010. The van der Waals surface area contributed by atoms with E-state index in [0.29, 0.717) is 34.8 Å². The Labute approximate surface area is 163 Å². The number of pyridine rings is 1. The Hall–Kier alpha value is -3.42. The lowest BCUT2D eigenvalue weighted by atomic mass is 10.0. The Morgan fingerprint density at radius 2 is 2.00 bits per heavy atom. The summed E-state index contributed by atoms with van der Waals surface area (Å²) in [5.41, 5.74) is 8.72. The van der Waals surface area contributed by atoms with Crippen molar-refractivity contribution in [2.24, 2.45) is 0 Å². The smallest absolute Gasteiger partial charge is 0.273 e. The van der Waals surface area contributed by atoms with Crippen LogP contribution in [0.25, 0.3) is 22.0 Å². The fourth-order valence-electron chi connectivity index (χ4n) is 2.90. The largest absolute Gasteiger partial charge is 0.496 e. The van der Waals surface area contributed by atoms with Gasteiger partial charge in [-0.3, -0.25) is 4.79 Å². The van der Waals surface area contributed by atoms with E-state index in [1.807, 2.05) is 18.2 Å². The molecular formula is C20H23N5O3. The van der Waals surface area contributed by atoms with Crippen molar-refractivity contribution >= 4 is 22.5 Å². The van der Waals surface area contributed by atoms with Crippen LogP contribution in [0.2, 0.25) is 0 Å². The maximum atomic E-state index is 12.4. The number of nitrogens with zero attached hydrogens (tertiary/aromatic N) is 3. The average molecular weight is 381 g/mol. The van der Waals surface area contributed by atoms with E-state index in [-0.39, 0.29) is 11.6 Å². The van der Waals surface area contributed by atoms with E-state index in [0.717, 1.165) is 24.0 Å². The van der Waals surface area contributed by atoms with Gasteiger partial charge in [0, 0.05) is 35.3 Å². The molecule has 28 heavy (non-hydrogen) atoms. The minimum absolute atomic E-state index is 0.126. The van der Waals surface area contributed by atoms with Crippen LogP contribution in [0.15, 0.2) is 30.5 Å². The minimum Gasteiger partial charge on any atom is -0.496 e. The summed E-state index contributed by atoms with van der Waals surface area (Å²) in [6.45, 7) is 2.63. The highest BCUT2D eigenvalue weighted by molar-refractivity contribution is 6.07. The van der Waals surface area contributed by atoms with Gasteiger partial charge in [0.2, 0.25) is 5.88 Å². The van der Waals surface area contributed by atoms with E-state index in [2.05, 4.69) is 27.4 Å². The zero-order chi connectivity index (χ0) is 20.1. The molecule has 0 saturated carbocycles. The highest BCUT2D eigenvalue weighted by Crippen LogP contribution is 2.36. The van der Waals surface area contributed by atoms with Crippen molar-refractivity contribution in [2.45, 2.75) is 19.8 Å². The number of carbonyl (C=O) groups is 1. The van der Waals surface area contributed by atoms with Crippen molar-refractivity contribution in [1.29, 1.82) is 0 Å². The minimum atomic E-state index is -0.325. The molecule has 2 heterocycles. The van der Waals surface area contributed by atoms with E-state index in [9.17, 15) is 4.79 Å². The normalized spacial score (nSPS) is 10.7. The number of aromatic nitrogens is 3. The van der Waals surface area contributed by atoms with E-state index in [4.69, 9.17) is 15.2 Å². The van der Waals surface area contributed by atoms with Crippen LogP contribution in [0.5, 0.6) is 11.6 Å². The molecule has 0 aliphatic rings. The molecule has 0 spiro atoms. The lowest BCUT2D eigenvalue weighted by molar-refractivity contribution is 0.0948. The Morgan fingerprint density at radius 1 is 1.18 bits per heavy atom. The summed E-state index contributed by atoms with van der Waals surface area (Å²) in [4.78, 5) is 16.6. The van der Waals surface area contributed by atoms with Gasteiger partial charge in [0.05, 0.1) is 19.9 Å². The van der Waals surface area contributed by atoms with Crippen LogP contribution in [0.4, 0.5) is 5.69 Å². The first-order chi connectivity index (χ1) is 13.6. The quantitative estimate of drug-likeness (QED) is 0.605. The number of hydrogen-bond acceptors (Lipinski definition) is 7. The number of carbonyl (C=O) groups excluding carboxylic acids is 1. The number of benzene rings is 1. The number of nitrogens with one attached hydrogen (secondary N) is 1. The lowest BCUT2D eigenvalue weighted by Crippen LogP contribution is -2.26. The Kier molecular flexibility index (Phi) is 5.88. The number of methoxy groups -OCH3 is 2. The maximum Gasteiger partial charge on any atom is 0.273 e. The summed E-state index contributed by atoms with van der Waals surface area (Å²) in [5, 5.41) is 11.8. The first-order valence-corrected chi connectivity index (χ1v) is 9.02. The van der Waals surface area contributed by atoms with Crippen molar-refractivity contribution in [3.63, 3.8) is 0 Å². The van der Waals surface area contributed by atoms with Crippen molar-refractivity contribution in [2.75, 3.05) is 26.5 Å². The fraction of sp³-hybridized carbons (Fsp3) is 0.300. The van der Waals surface area contributed by atoms with Gasteiger partial charge in [0.15, 0.2) is 5.69 Å². The summed E-state index contributed by atoms with van der Waals surface area (Å²) < 4.78 is 10.6. The number of nitrogen functional groups attached to an aromatic ring is 1. The highest BCUT2D eigenvalue weighted by atomic mass is 16.5.